The van der Waals surface area contributed by atoms with Crippen LogP contribution in [-0.2, 0) is 19.1 Å². The first kappa shape index (κ1) is 14.0. The van der Waals surface area contributed by atoms with Crippen molar-refractivity contribution in [2.45, 2.75) is 19.1 Å². The van der Waals surface area contributed by atoms with E-state index in [2.05, 4.69) is 10.3 Å². The molecule has 0 aliphatic carbocycles. The van der Waals surface area contributed by atoms with Crippen LogP contribution in [0.3, 0.4) is 0 Å². The molecule has 19 heavy (non-hydrogen) atoms. The summed E-state index contributed by atoms with van der Waals surface area (Å²) >= 11 is 1.47. The summed E-state index contributed by atoms with van der Waals surface area (Å²) in [5.74, 6) is 0. The van der Waals surface area contributed by atoms with Crippen molar-refractivity contribution in [2.75, 3.05) is 7.05 Å². The molecule has 0 saturated heterocycles. The molecule has 0 fully saturated rings. The van der Waals surface area contributed by atoms with Gasteiger partial charge in [0, 0.05) is 18.3 Å². The van der Waals surface area contributed by atoms with Gasteiger partial charge in [0.25, 0.3) is 0 Å². The molecule has 0 bridgehead atoms. The Labute approximate surface area is 113 Å². The first-order chi connectivity index (χ1) is 8.99. The van der Waals surface area contributed by atoms with Gasteiger partial charge in [0.15, 0.2) is 0 Å². The number of nitrogens with one attached hydrogen (secondary N) is 1. The zero-order chi connectivity index (χ0) is 13.9. The second-order valence-electron chi connectivity index (χ2n) is 4.14. The van der Waals surface area contributed by atoms with E-state index in [-0.39, 0.29) is 0 Å². The number of hydrogen-bond donors (Lipinski definition) is 1. The monoisotopic (exact) mass is 286 g/mol. The Morgan fingerprint density at radius 2 is 2.11 bits per heavy atom. The Morgan fingerprint density at radius 3 is 2.79 bits per heavy atom. The highest BCUT2D eigenvalue weighted by Gasteiger charge is 2.30. The number of aromatic nitrogens is 1. The lowest BCUT2D eigenvalue weighted by Crippen LogP contribution is -2.06. The standard InChI is InChI=1S/C13H13F3N2S/c1-17-7-11-8-19-12(18-11)6-9-3-2-4-10(5-9)13(14,15)16/h2-5,8,17H,6-7H2,1H3. The molecule has 0 aliphatic heterocycles. The summed E-state index contributed by atoms with van der Waals surface area (Å²) in [6.07, 6.45) is -3.87. The molecule has 2 nitrogen and oxygen atoms in total. The van der Waals surface area contributed by atoms with E-state index in [1.807, 2.05) is 12.4 Å². The summed E-state index contributed by atoms with van der Waals surface area (Å²) in [4.78, 5) is 4.36. The van der Waals surface area contributed by atoms with Crippen LogP contribution in [0.4, 0.5) is 13.2 Å². The number of nitrogens with zero attached hydrogens (tertiary/aromatic N) is 1. The van der Waals surface area contributed by atoms with Gasteiger partial charge >= 0.3 is 6.18 Å². The minimum absolute atomic E-state index is 0.429. The smallest absolute Gasteiger partial charge is 0.314 e. The predicted molar refractivity (Wildman–Crippen MR) is 69.1 cm³/mol. The van der Waals surface area contributed by atoms with E-state index < -0.39 is 11.7 Å². The largest absolute Gasteiger partial charge is 0.416 e. The summed E-state index contributed by atoms with van der Waals surface area (Å²) in [5, 5.41) is 5.73. The molecule has 0 saturated carbocycles. The van der Waals surface area contributed by atoms with Crippen LogP contribution < -0.4 is 5.32 Å². The Bertz CT molecular complexity index is 549. The van der Waals surface area contributed by atoms with Gasteiger partial charge in [-0.2, -0.15) is 13.2 Å². The van der Waals surface area contributed by atoms with Gasteiger partial charge < -0.3 is 5.32 Å². The zero-order valence-corrected chi connectivity index (χ0v) is 11.1. The van der Waals surface area contributed by atoms with Crippen LogP contribution >= 0.6 is 11.3 Å². The number of halogens is 3. The first-order valence-electron chi connectivity index (χ1n) is 5.73. The molecule has 1 aromatic carbocycles. The summed E-state index contributed by atoms with van der Waals surface area (Å²) in [7, 11) is 1.83. The third-order valence-electron chi connectivity index (χ3n) is 2.57. The van der Waals surface area contributed by atoms with Crippen molar-refractivity contribution in [3.63, 3.8) is 0 Å². The molecule has 1 aromatic heterocycles. The van der Waals surface area contributed by atoms with Crippen molar-refractivity contribution in [2.24, 2.45) is 0 Å². The number of rotatable bonds is 4. The fraction of sp³-hybridized carbons (Fsp3) is 0.308. The van der Waals surface area contributed by atoms with Gasteiger partial charge in [-0.25, -0.2) is 4.98 Å². The highest BCUT2D eigenvalue weighted by atomic mass is 32.1. The average Bonchev–Trinajstić information content (AvgIpc) is 2.76. The maximum Gasteiger partial charge on any atom is 0.416 e. The lowest BCUT2D eigenvalue weighted by atomic mass is 10.1. The van der Waals surface area contributed by atoms with Crippen molar-refractivity contribution in [1.82, 2.24) is 10.3 Å². The number of thiazole rings is 1. The fourth-order valence-corrected chi connectivity index (χ4v) is 2.55. The van der Waals surface area contributed by atoms with Crippen LogP contribution in [0.1, 0.15) is 21.8 Å². The number of benzene rings is 1. The van der Waals surface area contributed by atoms with Gasteiger partial charge in [0.05, 0.1) is 16.3 Å². The third-order valence-corrected chi connectivity index (χ3v) is 3.46. The fourth-order valence-electron chi connectivity index (χ4n) is 1.72. The molecular weight excluding hydrogens is 273 g/mol. The maximum absolute atomic E-state index is 12.6. The minimum atomic E-state index is -4.30. The summed E-state index contributed by atoms with van der Waals surface area (Å²) in [5.41, 5.74) is 0.923. The molecule has 0 aliphatic rings. The van der Waals surface area contributed by atoms with Crippen LogP contribution in [0.15, 0.2) is 29.6 Å². The van der Waals surface area contributed by atoms with E-state index in [1.54, 1.807) is 6.07 Å². The minimum Gasteiger partial charge on any atom is -0.314 e. The van der Waals surface area contributed by atoms with Gasteiger partial charge in [0.2, 0.25) is 0 Å². The highest BCUT2D eigenvalue weighted by molar-refractivity contribution is 7.09. The highest BCUT2D eigenvalue weighted by Crippen LogP contribution is 2.30. The molecule has 1 N–H and O–H groups in total. The van der Waals surface area contributed by atoms with E-state index in [0.717, 1.165) is 16.8 Å². The lowest BCUT2D eigenvalue weighted by molar-refractivity contribution is -0.137. The number of alkyl halides is 3. The second kappa shape index (κ2) is 5.71. The van der Waals surface area contributed by atoms with Crippen molar-refractivity contribution in [3.8, 4) is 0 Å². The lowest BCUT2D eigenvalue weighted by Gasteiger charge is -2.07. The molecule has 0 spiro atoms. The van der Waals surface area contributed by atoms with Crippen molar-refractivity contribution < 1.29 is 13.2 Å². The van der Waals surface area contributed by atoms with Crippen LogP contribution in [0, 0.1) is 0 Å². The van der Waals surface area contributed by atoms with Gasteiger partial charge in [-0.05, 0) is 18.7 Å². The normalized spacial score (nSPS) is 11.8. The maximum atomic E-state index is 12.6. The molecule has 2 rings (SSSR count). The predicted octanol–water partition coefficient (Wildman–Crippen LogP) is 3.47. The molecular formula is C13H13F3N2S. The third kappa shape index (κ3) is 3.78. The van der Waals surface area contributed by atoms with Crippen molar-refractivity contribution in [3.05, 3.63) is 51.5 Å². The van der Waals surface area contributed by atoms with Gasteiger partial charge in [-0.15, -0.1) is 11.3 Å². The Kier molecular flexibility index (Phi) is 4.21. The summed E-state index contributed by atoms with van der Waals surface area (Å²) in [6.45, 7) is 0.666. The molecule has 1 heterocycles. The average molecular weight is 286 g/mol. The van der Waals surface area contributed by atoms with E-state index in [4.69, 9.17) is 0 Å². The van der Waals surface area contributed by atoms with Crippen LogP contribution in [-0.4, -0.2) is 12.0 Å². The van der Waals surface area contributed by atoms with Gasteiger partial charge in [-0.1, -0.05) is 18.2 Å². The number of hydrogen-bond acceptors (Lipinski definition) is 3. The Hall–Kier alpha value is -1.40. The Morgan fingerprint density at radius 1 is 1.32 bits per heavy atom. The quantitative estimate of drug-likeness (QED) is 0.931. The summed E-state index contributed by atoms with van der Waals surface area (Å²) < 4.78 is 37.8. The topological polar surface area (TPSA) is 24.9 Å². The first-order valence-corrected chi connectivity index (χ1v) is 6.61. The van der Waals surface area contributed by atoms with Crippen LogP contribution in [0.5, 0.6) is 0 Å². The molecule has 6 heteroatoms. The molecule has 0 atom stereocenters. The van der Waals surface area contributed by atoms with Crippen LogP contribution in [0.25, 0.3) is 0 Å². The molecule has 102 valence electrons. The van der Waals surface area contributed by atoms with Gasteiger partial charge in [0.1, 0.15) is 0 Å². The van der Waals surface area contributed by atoms with E-state index >= 15 is 0 Å². The van der Waals surface area contributed by atoms with E-state index in [0.29, 0.717) is 18.5 Å². The SMILES string of the molecule is CNCc1csc(Cc2cccc(C(F)(F)F)c2)n1. The van der Waals surface area contributed by atoms with Crippen molar-refractivity contribution >= 4 is 11.3 Å². The van der Waals surface area contributed by atoms with Gasteiger partial charge in [-0.3, -0.25) is 0 Å². The molecule has 2 aromatic rings. The van der Waals surface area contributed by atoms with Crippen molar-refractivity contribution in [1.29, 1.82) is 0 Å². The van der Waals surface area contributed by atoms with Crippen LogP contribution in [0.2, 0.25) is 0 Å². The summed E-state index contributed by atoms with van der Waals surface area (Å²) in [6, 6.07) is 5.38. The Balaban J connectivity index is 2.14. The van der Waals surface area contributed by atoms with E-state index in [1.165, 1.54) is 23.5 Å². The molecule has 0 amide bonds. The zero-order valence-electron chi connectivity index (χ0n) is 10.3. The second-order valence-corrected chi connectivity index (χ2v) is 5.08. The molecule has 0 unspecified atom stereocenters. The molecule has 0 radical (unpaired) electrons. The van der Waals surface area contributed by atoms with E-state index in [9.17, 15) is 13.2 Å².